The molecule has 9 heteroatoms. The highest BCUT2D eigenvalue weighted by atomic mass is 35.5. The zero-order valence-electron chi connectivity index (χ0n) is 11.0. The summed E-state index contributed by atoms with van der Waals surface area (Å²) in [6, 6.07) is 5.00. The molecule has 3 rings (SSSR count). The maximum atomic E-state index is 11.6. The van der Waals surface area contributed by atoms with Crippen molar-refractivity contribution in [2.75, 3.05) is 10.5 Å². The Hall–Kier alpha value is -2.06. The van der Waals surface area contributed by atoms with Gasteiger partial charge in [0.2, 0.25) is 16.0 Å². The van der Waals surface area contributed by atoms with Crippen LogP contribution in [0.4, 0.5) is 5.69 Å². The minimum atomic E-state index is -3.39. The largest absolute Gasteiger partial charge is 0.322 e. The number of sulfonamides is 1. The lowest BCUT2D eigenvalue weighted by molar-refractivity contribution is 0.602. The molecule has 0 bridgehead atoms. The predicted octanol–water partition coefficient (Wildman–Crippen LogP) is 2.16. The number of anilines is 1. The standard InChI is InChI=1S/C12H12ClN5O2S/c1-2-21(19,20)17-9-7-11-10(6-8(9)13)15-12(16-11)18-5-3-4-14-18/h3-7,17H,2H2,1H3,(H,15,16). The van der Waals surface area contributed by atoms with Gasteiger partial charge in [-0.25, -0.2) is 18.1 Å². The second-order valence-corrected chi connectivity index (χ2v) is 6.78. The van der Waals surface area contributed by atoms with Crippen molar-refractivity contribution in [3.05, 3.63) is 35.6 Å². The highest BCUT2D eigenvalue weighted by Crippen LogP contribution is 2.28. The molecule has 7 nitrogen and oxygen atoms in total. The van der Waals surface area contributed by atoms with Crippen LogP contribution in [0.3, 0.4) is 0 Å². The van der Waals surface area contributed by atoms with Gasteiger partial charge in [0.1, 0.15) is 0 Å². The molecule has 0 saturated carbocycles. The fourth-order valence-corrected chi connectivity index (χ4v) is 2.75. The van der Waals surface area contributed by atoms with Gasteiger partial charge in [0.25, 0.3) is 0 Å². The summed E-state index contributed by atoms with van der Waals surface area (Å²) in [7, 11) is -3.39. The van der Waals surface area contributed by atoms with Crippen molar-refractivity contribution in [2.24, 2.45) is 0 Å². The third kappa shape index (κ3) is 2.72. The first-order valence-electron chi connectivity index (χ1n) is 6.18. The first kappa shape index (κ1) is 13.9. The van der Waals surface area contributed by atoms with E-state index < -0.39 is 10.0 Å². The van der Waals surface area contributed by atoms with Crippen LogP contribution >= 0.6 is 11.6 Å². The monoisotopic (exact) mass is 325 g/mol. The van der Waals surface area contributed by atoms with Crippen molar-refractivity contribution < 1.29 is 8.42 Å². The molecule has 0 aliphatic rings. The molecule has 2 N–H and O–H groups in total. The van der Waals surface area contributed by atoms with Crippen molar-refractivity contribution >= 4 is 38.3 Å². The Bertz CT molecular complexity index is 886. The van der Waals surface area contributed by atoms with Gasteiger partial charge in [0, 0.05) is 12.4 Å². The van der Waals surface area contributed by atoms with Crippen LogP contribution in [-0.2, 0) is 10.0 Å². The molecule has 0 atom stereocenters. The number of rotatable bonds is 4. The lowest BCUT2D eigenvalue weighted by Crippen LogP contribution is -2.14. The second kappa shape index (κ2) is 5.05. The summed E-state index contributed by atoms with van der Waals surface area (Å²) < 4.78 is 27.3. The summed E-state index contributed by atoms with van der Waals surface area (Å²) in [6.45, 7) is 1.55. The lowest BCUT2D eigenvalue weighted by Gasteiger charge is -2.07. The van der Waals surface area contributed by atoms with E-state index in [4.69, 9.17) is 11.6 Å². The van der Waals surface area contributed by atoms with E-state index in [0.717, 1.165) is 0 Å². The predicted molar refractivity (Wildman–Crippen MR) is 81.3 cm³/mol. The van der Waals surface area contributed by atoms with Crippen molar-refractivity contribution in [2.45, 2.75) is 6.92 Å². The molecule has 110 valence electrons. The molecule has 0 amide bonds. The van der Waals surface area contributed by atoms with Crippen LogP contribution in [0.5, 0.6) is 0 Å². The number of imidazole rings is 1. The van der Waals surface area contributed by atoms with E-state index in [0.29, 0.717) is 27.7 Å². The summed E-state index contributed by atoms with van der Waals surface area (Å²) in [4.78, 5) is 7.43. The maximum absolute atomic E-state index is 11.6. The van der Waals surface area contributed by atoms with Gasteiger partial charge in [0.15, 0.2) is 0 Å². The third-order valence-corrected chi connectivity index (χ3v) is 4.53. The van der Waals surface area contributed by atoms with Gasteiger partial charge < -0.3 is 4.98 Å². The second-order valence-electron chi connectivity index (χ2n) is 4.37. The molecular formula is C12H12ClN5O2S. The van der Waals surface area contributed by atoms with Gasteiger partial charge in [-0.1, -0.05) is 11.6 Å². The molecule has 0 spiro atoms. The van der Waals surface area contributed by atoms with E-state index in [1.165, 1.54) is 0 Å². The molecule has 3 aromatic rings. The summed E-state index contributed by atoms with van der Waals surface area (Å²) in [6.07, 6.45) is 3.39. The summed E-state index contributed by atoms with van der Waals surface area (Å²) in [5, 5.41) is 4.38. The Balaban J connectivity index is 2.07. The molecule has 0 radical (unpaired) electrons. The number of aromatic amines is 1. The van der Waals surface area contributed by atoms with Gasteiger partial charge in [-0.2, -0.15) is 5.10 Å². The highest BCUT2D eigenvalue weighted by molar-refractivity contribution is 7.92. The Morgan fingerprint density at radius 2 is 2.24 bits per heavy atom. The molecule has 0 saturated heterocycles. The van der Waals surface area contributed by atoms with Crippen LogP contribution in [0, 0.1) is 0 Å². The zero-order chi connectivity index (χ0) is 15.0. The molecule has 0 fully saturated rings. The molecular weight excluding hydrogens is 314 g/mol. The summed E-state index contributed by atoms with van der Waals surface area (Å²) in [5.74, 6) is 0.502. The van der Waals surface area contributed by atoms with E-state index in [1.54, 1.807) is 42.2 Å². The topological polar surface area (TPSA) is 92.7 Å². The molecule has 0 unspecified atom stereocenters. The number of fused-ring (bicyclic) bond motifs is 1. The van der Waals surface area contributed by atoms with Crippen LogP contribution in [0.1, 0.15) is 6.92 Å². The van der Waals surface area contributed by atoms with Crippen molar-refractivity contribution in [1.29, 1.82) is 0 Å². The fourth-order valence-electron chi connectivity index (χ4n) is 1.84. The Labute approximate surface area is 126 Å². The smallest absolute Gasteiger partial charge is 0.232 e. The van der Waals surface area contributed by atoms with Crippen LogP contribution in [0.2, 0.25) is 5.02 Å². The summed E-state index contributed by atoms with van der Waals surface area (Å²) >= 11 is 6.10. The van der Waals surface area contributed by atoms with Gasteiger partial charge in [-0.05, 0) is 25.1 Å². The van der Waals surface area contributed by atoms with Crippen molar-refractivity contribution in [3.63, 3.8) is 0 Å². The average Bonchev–Trinajstić information content (AvgIpc) is 3.07. The van der Waals surface area contributed by atoms with Crippen LogP contribution < -0.4 is 4.72 Å². The number of aromatic nitrogens is 4. The number of nitrogens with zero attached hydrogens (tertiary/aromatic N) is 3. The normalized spacial score (nSPS) is 11.9. The van der Waals surface area contributed by atoms with Gasteiger partial charge in [-0.3, -0.25) is 4.72 Å². The third-order valence-electron chi connectivity index (χ3n) is 2.93. The number of H-pyrrole nitrogens is 1. The molecule has 0 aliphatic carbocycles. The quantitative estimate of drug-likeness (QED) is 0.768. The van der Waals surface area contributed by atoms with E-state index in [1.807, 2.05) is 0 Å². The van der Waals surface area contributed by atoms with Crippen molar-refractivity contribution in [1.82, 2.24) is 19.7 Å². The van der Waals surface area contributed by atoms with Crippen LogP contribution in [0.25, 0.3) is 17.0 Å². The first-order valence-corrected chi connectivity index (χ1v) is 8.21. The first-order chi connectivity index (χ1) is 9.98. The van der Waals surface area contributed by atoms with E-state index in [-0.39, 0.29) is 5.75 Å². The number of nitrogens with one attached hydrogen (secondary N) is 2. The van der Waals surface area contributed by atoms with Crippen molar-refractivity contribution in [3.8, 4) is 5.95 Å². The van der Waals surface area contributed by atoms with Gasteiger partial charge in [0.05, 0.1) is 27.5 Å². The Morgan fingerprint density at radius 1 is 1.43 bits per heavy atom. The van der Waals surface area contributed by atoms with Gasteiger partial charge in [-0.15, -0.1) is 0 Å². The molecule has 0 aliphatic heterocycles. The zero-order valence-corrected chi connectivity index (χ0v) is 12.6. The SMILES string of the molecule is CCS(=O)(=O)Nc1cc2nc(-n3cccn3)[nH]c2cc1Cl. The average molecular weight is 326 g/mol. The Morgan fingerprint density at radius 3 is 2.90 bits per heavy atom. The van der Waals surface area contributed by atoms with Crippen LogP contribution in [0.15, 0.2) is 30.6 Å². The number of benzene rings is 1. The molecule has 2 aromatic heterocycles. The maximum Gasteiger partial charge on any atom is 0.232 e. The summed E-state index contributed by atoms with van der Waals surface area (Å²) in [5.41, 5.74) is 1.60. The van der Waals surface area contributed by atoms with E-state index in [2.05, 4.69) is 19.8 Å². The number of halogens is 1. The lowest BCUT2D eigenvalue weighted by atomic mass is 10.3. The number of hydrogen-bond acceptors (Lipinski definition) is 4. The minimum Gasteiger partial charge on any atom is -0.322 e. The number of hydrogen-bond donors (Lipinski definition) is 2. The minimum absolute atomic E-state index is 0.0273. The van der Waals surface area contributed by atoms with Crippen LogP contribution in [-0.4, -0.2) is 33.9 Å². The molecule has 2 heterocycles. The molecule has 1 aromatic carbocycles. The Kier molecular flexibility index (Phi) is 3.34. The van der Waals surface area contributed by atoms with Gasteiger partial charge >= 0.3 is 0 Å². The fraction of sp³-hybridized carbons (Fsp3) is 0.167. The van der Waals surface area contributed by atoms with E-state index >= 15 is 0 Å². The highest BCUT2D eigenvalue weighted by Gasteiger charge is 2.13. The molecule has 21 heavy (non-hydrogen) atoms. The van der Waals surface area contributed by atoms with E-state index in [9.17, 15) is 8.42 Å².